The number of rotatable bonds is 4. The third-order valence-corrected chi connectivity index (χ3v) is 5.22. The molecule has 1 aliphatic carbocycles. The molecule has 2 aromatic heterocycles. The summed E-state index contributed by atoms with van der Waals surface area (Å²) >= 11 is 1.44. The van der Waals surface area contributed by atoms with Gasteiger partial charge < -0.3 is 14.4 Å². The summed E-state index contributed by atoms with van der Waals surface area (Å²) in [4.78, 5) is 22.9. The molecule has 4 rings (SSSR count). The van der Waals surface area contributed by atoms with Gasteiger partial charge in [0.25, 0.3) is 5.91 Å². The second-order valence-corrected chi connectivity index (χ2v) is 6.78. The highest BCUT2D eigenvalue weighted by atomic mass is 32.1. The molecular formula is C17H19N3O3S. The first-order valence-corrected chi connectivity index (χ1v) is 9.08. The van der Waals surface area contributed by atoms with Crippen LogP contribution in [0.15, 0.2) is 35.4 Å². The Hall–Kier alpha value is -1.83. The van der Waals surface area contributed by atoms with Crippen molar-refractivity contribution in [1.82, 2.24) is 14.9 Å². The minimum absolute atomic E-state index is 0.0256. The molecule has 1 aliphatic heterocycles. The minimum Gasteiger partial charge on any atom is -0.374 e. The quantitative estimate of drug-likeness (QED) is 0.849. The summed E-state index contributed by atoms with van der Waals surface area (Å²) in [6.07, 6.45) is 5.32. The zero-order chi connectivity index (χ0) is 16.4. The molecule has 1 saturated heterocycles. The van der Waals surface area contributed by atoms with E-state index in [4.69, 9.17) is 9.47 Å². The summed E-state index contributed by atoms with van der Waals surface area (Å²) in [6, 6.07) is 3.93. The van der Waals surface area contributed by atoms with Crippen molar-refractivity contribution in [2.45, 2.75) is 37.7 Å². The molecule has 1 saturated carbocycles. The van der Waals surface area contributed by atoms with Crippen LogP contribution in [0.2, 0.25) is 0 Å². The van der Waals surface area contributed by atoms with Crippen molar-refractivity contribution in [1.29, 1.82) is 0 Å². The van der Waals surface area contributed by atoms with Crippen LogP contribution in [0.4, 0.5) is 0 Å². The summed E-state index contributed by atoms with van der Waals surface area (Å²) in [5.74, 6) is -0.0256. The van der Waals surface area contributed by atoms with E-state index in [0.717, 1.165) is 18.4 Å². The summed E-state index contributed by atoms with van der Waals surface area (Å²) < 4.78 is 12.1. The molecule has 6 nitrogen and oxygen atoms in total. The summed E-state index contributed by atoms with van der Waals surface area (Å²) in [5.41, 5.74) is 3.23. The fraction of sp³-hybridized carbons (Fsp3) is 0.471. The van der Waals surface area contributed by atoms with E-state index >= 15 is 0 Å². The smallest absolute Gasteiger partial charge is 0.273 e. The third-order valence-electron chi connectivity index (χ3n) is 4.63. The lowest BCUT2D eigenvalue weighted by Gasteiger charge is -2.30. The lowest BCUT2D eigenvalue weighted by atomic mass is 10.1. The molecule has 0 unspecified atom stereocenters. The fourth-order valence-corrected chi connectivity index (χ4v) is 4.03. The maximum absolute atomic E-state index is 12.8. The van der Waals surface area contributed by atoms with Crippen molar-refractivity contribution in [3.8, 4) is 0 Å². The van der Waals surface area contributed by atoms with Crippen molar-refractivity contribution < 1.29 is 14.3 Å². The van der Waals surface area contributed by atoms with Gasteiger partial charge >= 0.3 is 0 Å². The molecule has 0 radical (unpaired) electrons. The zero-order valence-corrected chi connectivity index (χ0v) is 14.0. The number of amides is 1. The minimum atomic E-state index is -0.102. The normalized spacial score (nSPS) is 26.3. The predicted octanol–water partition coefficient (Wildman–Crippen LogP) is 2.13. The molecule has 2 bridgehead atoms. The Morgan fingerprint density at radius 1 is 1.46 bits per heavy atom. The van der Waals surface area contributed by atoms with Crippen LogP contribution in [-0.4, -0.2) is 52.2 Å². The number of carbonyl (C=O) groups excluding carboxylic acids is 1. The van der Waals surface area contributed by atoms with Gasteiger partial charge in [-0.2, -0.15) is 0 Å². The molecule has 24 heavy (non-hydrogen) atoms. The second-order valence-electron chi connectivity index (χ2n) is 6.06. The van der Waals surface area contributed by atoms with Crippen LogP contribution in [-0.2, 0) is 16.1 Å². The number of aromatic nitrogens is 2. The summed E-state index contributed by atoms with van der Waals surface area (Å²) in [5, 5.41) is 1.80. The number of hydrogen-bond donors (Lipinski definition) is 0. The van der Waals surface area contributed by atoms with Gasteiger partial charge in [-0.1, -0.05) is 6.07 Å². The number of nitrogens with zero attached hydrogens (tertiary/aromatic N) is 3. The lowest BCUT2D eigenvalue weighted by Crippen LogP contribution is -2.46. The van der Waals surface area contributed by atoms with Crippen LogP contribution >= 0.6 is 11.3 Å². The van der Waals surface area contributed by atoms with Gasteiger partial charge in [-0.3, -0.25) is 9.78 Å². The second kappa shape index (κ2) is 6.96. The Kier molecular flexibility index (Phi) is 4.55. The maximum atomic E-state index is 12.8. The van der Waals surface area contributed by atoms with Gasteiger partial charge in [0.15, 0.2) is 0 Å². The lowest BCUT2D eigenvalue weighted by molar-refractivity contribution is -0.0598. The Morgan fingerprint density at radius 3 is 3.21 bits per heavy atom. The Labute approximate surface area is 144 Å². The molecule has 3 atom stereocenters. The zero-order valence-electron chi connectivity index (χ0n) is 13.2. The van der Waals surface area contributed by atoms with Crippen molar-refractivity contribution in [3.05, 3.63) is 46.7 Å². The van der Waals surface area contributed by atoms with Crippen LogP contribution in [0.1, 0.15) is 28.9 Å². The Morgan fingerprint density at radius 2 is 2.42 bits per heavy atom. The highest BCUT2D eigenvalue weighted by Gasteiger charge is 2.45. The first kappa shape index (κ1) is 15.7. The van der Waals surface area contributed by atoms with Crippen molar-refractivity contribution in [3.63, 3.8) is 0 Å². The Bertz CT molecular complexity index is 680. The Balaban J connectivity index is 1.50. The van der Waals surface area contributed by atoms with Gasteiger partial charge in [-0.15, -0.1) is 11.3 Å². The average molecular weight is 345 g/mol. The highest BCUT2D eigenvalue weighted by molar-refractivity contribution is 7.07. The SMILES string of the molecule is O=C(c1cscn1)N1CCO[C@H]2CC[C@H]1[C@H]2OCc1cccnc1. The topological polar surface area (TPSA) is 64.6 Å². The molecule has 7 heteroatoms. The van der Waals surface area contributed by atoms with E-state index in [2.05, 4.69) is 9.97 Å². The van der Waals surface area contributed by atoms with E-state index in [9.17, 15) is 4.79 Å². The molecule has 2 aromatic rings. The van der Waals surface area contributed by atoms with E-state index in [1.54, 1.807) is 23.3 Å². The number of thiazole rings is 1. The van der Waals surface area contributed by atoms with Crippen LogP contribution in [0.25, 0.3) is 0 Å². The molecule has 1 amide bonds. The molecule has 0 spiro atoms. The molecule has 2 aliphatic rings. The summed E-state index contributed by atoms with van der Waals surface area (Å²) in [6.45, 7) is 1.61. The number of hydrogen-bond acceptors (Lipinski definition) is 6. The van der Waals surface area contributed by atoms with Gasteiger partial charge in [0.2, 0.25) is 0 Å². The average Bonchev–Trinajstić information content (AvgIpc) is 3.22. The van der Waals surface area contributed by atoms with Gasteiger partial charge in [-0.25, -0.2) is 4.98 Å². The van der Waals surface area contributed by atoms with Crippen molar-refractivity contribution >= 4 is 17.2 Å². The van der Waals surface area contributed by atoms with Gasteiger partial charge in [0.05, 0.1) is 30.9 Å². The van der Waals surface area contributed by atoms with E-state index < -0.39 is 0 Å². The number of pyridine rings is 1. The summed E-state index contributed by atoms with van der Waals surface area (Å²) in [7, 11) is 0. The molecule has 3 heterocycles. The highest BCUT2D eigenvalue weighted by Crippen LogP contribution is 2.33. The van der Waals surface area contributed by atoms with Crippen molar-refractivity contribution in [2.24, 2.45) is 0 Å². The van der Waals surface area contributed by atoms with Crippen LogP contribution in [0.5, 0.6) is 0 Å². The van der Waals surface area contributed by atoms with E-state index in [1.807, 2.05) is 17.0 Å². The number of fused-ring (bicyclic) bond motifs is 2. The van der Waals surface area contributed by atoms with Crippen LogP contribution in [0.3, 0.4) is 0 Å². The van der Waals surface area contributed by atoms with Crippen molar-refractivity contribution in [2.75, 3.05) is 13.2 Å². The number of carbonyl (C=O) groups is 1. The first-order chi connectivity index (χ1) is 11.8. The first-order valence-electron chi connectivity index (χ1n) is 8.14. The largest absolute Gasteiger partial charge is 0.374 e. The monoisotopic (exact) mass is 345 g/mol. The number of ether oxygens (including phenoxy) is 2. The van der Waals surface area contributed by atoms with E-state index in [-0.39, 0.29) is 24.2 Å². The molecule has 0 N–H and O–H groups in total. The van der Waals surface area contributed by atoms with Gasteiger partial charge in [-0.05, 0) is 24.5 Å². The van der Waals surface area contributed by atoms with Crippen LogP contribution in [0, 0.1) is 0 Å². The molecule has 2 fully saturated rings. The van der Waals surface area contributed by atoms with E-state index in [1.165, 1.54) is 11.3 Å². The maximum Gasteiger partial charge on any atom is 0.273 e. The van der Waals surface area contributed by atoms with E-state index in [0.29, 0.717) is 25.5 Å². The molecular weight excluding hydrogens is 326 g/mol. The predicted molar refractivity (Wildman–Crippen MR) is 88.7 cm³/mol. The molecule has 126 valence electrons. The van der Waals surface area contributed by atoms with Crippen LogP contribution < -0.4 is 0 Å². The third kappa shape index (κ3) is 3.07. The van der Waals surface area contributed by atoms with Gasteiger partial charge in [0.1, 0.15) is 11.8 Å². The fourth-order valence-electron chi connectivity index (χ4n) is 3.50. The van der Waals surface area contributed by atoms with Gasteiger partial charge in [0, 0.05) is 24.3 Å². The molecule has 0 aromatic carbocycles. The standard InChI is InChI=1S/C17H19N3O3S/c21-17(13-10-24-11-19-13)20-6-7-22-15-4-3-14(20)16(15)23-9-12-2-1-5-18-8-12/h1-2,5,8,10-11,14-16H,3-4,6-7,9H2/t14-,15-,16+/m0/s1.